The zero-order valence-corrected chi connectivity index (χ0v) is 13.8. The van der Waals surface area contributed by atoms with Crippen molar-refractivity contribution in [3.8, 4) is 0 Å². The first-order valence-electron chi connectivity index (χ1n) is 7.76. The molecule has 0 N–H and O–H groups in total. The predicted molar refractivity (Wildman–Crippen MR) is 84.1 cm³/mol. The van der Waals surface area contributed by atoms with Gasteiger partial charge >= 0.3 is 0 Å². The number of amides is 1. The van der Waals surface area contributed by atoms with Gasteiger partial charge in [-0.2, -0.15) is 11.8 Å². The summed E-state index contributed by atoms with van der Waals surface area (Å²) in [5.74, 6) is 2.03. The maximum absolute atomic E-state index is 12.5. The molecule has 0 aliphatic carbocycles. The quantitative estimate of drug-likeness (QED) is 0.771. The summed E-state index contributed by atoms with van der Waals surface area (Å²) in [6, 6.07) is 0.536. The molecule has 2 heterocycles. The van der Waals surface area contributed by atoms with Crippen molar-refractivity contribution in [2.75, 3.05) is 51.4 Å². The topological polar surface area (TPSA) is 32.8 Å². The number of nitrogens with zero attached hydrogens (tertiary/aromatic N) is 2. The highest BCUT2D eigenvalue weighted by atomic mass is 32.2. The van der Waals surface area contributed by atoms with E-state index >= 15 is 0 Å². The molecule has 0 aromatic heterocycles. The van der Waals surface area contributed by atoms with Gasteiger partial charge in [0.2, 0.25) is 5.91 Å². The van der Waals surface area contributed by atoms with Crippen molar-refractivity contribution in [1.82, 2.24) is 9.80 Å². The van der Waals surface area contributed by atoms with Crippen LogP contribution in [0.3, 0.4) is 0 Å². The third kappa shape index (κ3) is 3.68. The number of rotatable bonds is 5. The Morgan fingerprint density at radius 1 is 1.35 bits per heavy atom. The fraction of sp³-hybridized carbons (Fsp3) is 0.933. The lowest BCUT2D eigenvalue weighted by molar-refractivity contribution is -0.133. The Hall–Kier alpha value is -0.260. The van der Waals surface area contributed by atoms with Gasteiger partial charge in [-0.1, -0.05) is 20.3 Å². The van der Waals surface area contributed by atoms with Gasteiger partial charge in [0.1, 0.15) is 0 Å². The molecule has 0 radical (unpaired) electrons. The Kier molecular flexibility index (Phi) is 6.18. The zero-order chi connectivity index (χ0) is 14.5. The summed E-state index contributed by atoms with van der Waals surface area (Å²) in [5.41, 5.74) is 0. The molecule has 20 heavy (non-hydrogen) atoms. The van der Waals surface area contributed by atoms with Crippen LogP contribution in [0.4, 0.5) is 0 Å². The lowest BCUT2D eigenvalue weighted by Gasteiger charge is -2.34. The van der Waals surface area contributed by atoms with Crippen molar-refractivity contribution in [2.45, 2.75) is 26.3 Å². The molecule has 5 heteroatoms. The molecular formula is C15H28N2O2S. The third-order valence-electron chi connectivity index (χ3n) is 4.60. The first kappa shape index (κ1) is 16.1. The Balaban J connectivity index is 1.96. The molecule has 0 spiro atoms. The first-order chi connectivity index (χ1) is 9.67. The van der Waals surface area contributed by atoms with Gasteiger partial charge in [-0.25, -0.2) is 0 Å². The maximum Gasteiger partial charge on any atom is 0.226 e. The van der Waals surface area contributed by atoms with Crippen molar-refractivity contribution < 1.29 is 9.53 Å². The van der Waals surface area contributed by atoms with E-state index in [0.29, 0.717) is 17.9 Å². The smallest absolute Gasteiger partial charge is 0.226 e. The van der Waals surface area contributed by atoms with Crippen molar-refractivity contribution >= 4 is 17.7 Å². The monoisotopic (exact) mass is 300 g/mol. The van der Waals surface area contributed by atoms with Crippen LogP contribution < -0.4 is 0 Å². The average molecular weight is 300 g/mol. The van der Waals surface area contributed by atoms with Crippen LogP contribution in [0.25, 0.3) is 0 Å². The van der Waals surface area contributed by atoms with Gasteiger partial charge in [-0.15, -0.1) is 0 Å². The van der Waals surface area contributed by atoms with Crippen LogP contribution in [0.1, 0.15) is 20.3 Å². The molecule has 2 fully saturated rings. The zero-order valence-electron chi connectivity index (χ0n) is 13.0. The summed E-state index contributed by atoms with van der Waals surface area (Å²) in [5, 5.41) is 0. The number of thioether (sulfide) groups is 1. The largest absolute Gasteiger partial charge is 0.379 e. The van der Waals surface area contributed by atoms with Crippen molar-refractivity contribution in [2.24, 2.45) is 11.8 Å². The minimum Gasteiger partial charge on any atom is -0.379 e. The molecule has 0 saturated carbocycles. The number of morpholine rings is 1. The average Bonchev–Trinajstić information content (AvgIpc) is 2.91. The van der Waals surface area contributed by atoms with E-state index in [0.717, 1.165) is 51.6 Å². The highest BCUT2D eigenvalue weighted by molar-refractivity contribution is 7.98. The molecule has 1 amide bonds. The van der Waals surface area contributed by atoms with E-state index in [9.17, 15) is 4.79 Å². The summed E-state index contributed by atoms with van der Waals surface area (Å²) in [7, 11) is 0. The van der Waals surface area contributed by atoms with Crippen LogP contribution in [0.2, 0.25) is 0 Å². The molecule has 0 aromatic rings. The van der Waals surface area contributed by atoms with E-state index in [1.165, 1.54) is 0 Å². The molecule has 2 aliphatic rings. The predicted octanol–water partition coefficient (Wildman–Crippen LogP) is 1.55. The van der Waals surface area contributed by atoms with Crippen LogP contribution in [0.15, 0.2) is 0 Å². The Morgan fingerprint density at radius 2 is 2.05 bits per heavy atom. The third-order valence-corrected chi connectivity index (χ3v) is 5.43. The Morgan fingerprint density at radius 3 is 2.65 bits per heavy atom. The van der Waals surface area contributed by atoms with Crippen molar-refractivity contribution in [3.63, 3.8) is 0 Å². The van der Waals surface area contributed by atoms with Crippen LogP contribution in [0.5, 0.6) is 0 Å². The summed E-state index contributed by atoms with van der Waals surface area (Å²) in [4.78, 5) is 17.1. The van der Waals surface area contributed by atoms with Crippen LogP contribution >= 0.6 is 11.8 Å². The molecule has 0 unspecified atom stereocenters. The molecule has 3 atom stereocenters. The van der Waals surface area contributed by atoms with Gasteiger partial charge in [0, 0.05) is 43.9 Å². The summed E-state index contributed by atoms with van der Waals surface area (Å²) in [6.07, 6.45) is 3.22. The fourth-order valence-corrected chi connectivity index (χ4v) is 4.03. The number of likely N-dealkylation sites (tertiary alicyclic amines) is 1. The van der Waals surface area contributed by atoms with Crippen LogP contribution in [-0.4, -0.2) is 73.2 Å². The second-order valence-electron chi connectivity index (χ2n) is 5.98. The van der Waals surface area contributed by atoms with Gasteiger partial charge in [-0.3, -0.25) is 9.69 Å². The lowest BCUT2D eigenvalue weighted by atomic mass is 9.99. The minimum atomic E-state index is 0.144. The fourth-order valence-electron chi connectivity index (χ4n) is 3.39. The van der Waals surface area contributed by atoms with Crippen LogP contribution in [0, 0.1) is 11.8 Å². The SMILES string of the molecule is CC[C@@H]1CN(C(=O)[C@@H](C)CSC)C[C@@H]1N1CCOCC1. The lowest BCUT2D eigenvalue weighted by Crippen LogP contribution is -2.47. The van der Waals surface area contributed by atoms with Gasteiger partial charge in [-0.05, 0) is 12.2 Å². The minimum absolute atomic E-state index is 0.144. The second kappa shape index (κ2) is 7.66. The summed E-state index contributed by atoms with van der Waals surface area (Å²) in [6.45, 7) is 9.87. The molecule has 2 saturated heterocycles. The first-order valence-corrected chi connectivity index (χ1v) is 9.16. The molecule has 4 nitrogen and oxygen atoms in total. The molecule has 116 valence electrons. The number of carbonyl (C=O) groups is 1. The van der Waals surface area contributed by atoms with Gasteiger partial charge in [0.25, 0.3) is 0 Å². The molecule has 2 aliphatic heterocycles. The number of hydrogen-bond acceptors (Lipinski definition) is 4. The molecule has 0 aromatic carbocycles. The van der Waals surface area contributed by atoms with Crippen molar-refractivity contribution in [1.29, 1.82) is 0 Å². The van der Waals surface area contributed by atoms with E-state index in [1.807, 2.05) is 0 Å². The van der Waals surface area contributed by atoms with Crippen LogP contribution in [-0.2, 0) is 9.53 Å². The standard InChI is InChI=1S/C15H28N2O2S/c1-4-13-9-17(15(18)12(2)11-20-3)10-14(13)16-5-7-19-8-6-16/h12-14H,4-11H2,1-3H3/t12-,13+,14-/m0/s1. The van der Waals surface area contributed by atoms with E-state index < -0.39 is 0 Å². The number of ether oxygens (including phenoxy) is 1. The van der Waals surface area contributed by atoms with Gasteiger partial charge in [0.15, 0.2) is 0 Å². The van der Waals surface area contributed by atoms with Gasteiger partial charge in [0.05, 0.1) is 13.2 Å². The Bertz CT molecular complexity index is 321. The van der Waals surface area contributed by atoms with E-state index in [4.69, 9.17) is 4.74 Å². The summed E-state index contributed by atoms with van der Waals surface area (Å²) >= 11 is 1.76. The normalized spacial score (nSPS) is 29.6. The molecular weight excluding hydrogens is 272 g/mol. The van der Waals surface area contributed by atoms with E-state index in [2.05, 4.69) is 29.9 Å². The highest BCUT2D eigenvalue weighted by Crippen LogP contribution is 2.27. The Labute approximate surface area is 127 Å². The molecule has 0 bridgehead atoms. The van der Waals surface area contributed by atoms with Gasteiger partial charge < -0.3 is 9.64 Å². The van der Waals surface area contributed by atoms with Crippen molar-refractivity contribution in [3.05, 3.63) is 0 Å². The number of carbonyl (C=O) groups excluding carboxylic acids is 1. The number of hydrogen-bond donors (Lipinski definition) is 0. The molecule has 2 rings (SSSR count). The maximum atomic E-state index is 12.5. The van der Waals surface area contributed by atoms with E-state index in [-0.39, 0.29) is 5.92 Å². The second-order valence-corrected chi connectivity index (χ2v) is 6.89. The summed E-state index contributed by atoms with van der Waals surface area (Å²) < 4.78 is 5.45. The highest BCUT2D eigenvalue weighted by Gasteiger charge is 2.38. The van der Waals surface area contributed by atoms with E-state index in [1.54, 1.807) is 11.8 Å².